The number of aromatic hydroxyl groups is 1. The number of fused-ring (bicyclic) bond motifs is 6. The van der Waals surface area contributed by atoms with Crippen LogP contribution in [0, 0.1) is 25.2 Å². The molecule has 84 heavy (non-hydrogen) atoms. The quantitative estimate of drug-likeness (QED) is 0.0162. The van der Waals surface area contributed by atoms with E-state index in [-0.39, 0.29) is 124 Å². The Balaban J connectivity index is 0.00000245. The van der Waals surface area contributed by atoms with Crippen molar-refractivity contribution in [3.63, 3.8) is 0 Å². The van der Waals surface area contributed by atoms with Crippen LogP contribution in [0.2, 0.25) is 5.02 Å². The van der Waals surface area contributed by atoms with Crippen molar-refractivity contribution in [2.75, 3.05) is 23.9 Å². The van der Waals surface area contributed by atoms with Gasteiger partial charge in [-0.25, -0.2) is 9.97 Å². The molecule has 0 aliphatic carbocycles. The van der Waals surface area contributed by atoms with Crippen molar-refractivity contribution in [2.45, 2.75) is 52.9 Å². The molecule has 0 spiro atoms. The van der Waals surface area contributed by atoms with Crippen LogP contribution in [0.3, 0.4) is 0 Å². The fourth-order valence-electron chi connectivity index (χ4n) is 7.75. The van der Waals surface area contributed by atoms with Crippen molar-refractivity contribution in [2.24, 2.45) is 30.7 Å². The smallest absolute Gasteiger partial charge is 0.425 e. The predicted molar refractivity (Wildman–Crippen MR) is 299 cm³/mol. The zero-order valence-corrected chi connectivity index (χ0v) is 49.5. The highest BCUT2D eigenvalue weighted by Gasteiger charge is 2.27. The normalized spacial score (nSPS) is 12.8. The maximum absolute atomic E-state index is 12.5. The van der Waals surface area contributed by atoms with Crippen molar-refractivity contribution in [1.29, 1.82) is 5.26 Å². The van der Waals surface area contributed by atoms with Crippen LogP contribution in [0.5, 0.6) is 11.6 Å². The number of aromatic nitrogens is 3. The number of azo groups is 3. The molecule has 0 amide bonds. The number of aliphatic hydroxyl groups excluding tert-OH is 1. The largest absolute Gasteiger partial charge is 0.493 e. The van der Waals surface area contributed by atoms with Crippen LogP contribution >= 0.6 is 34.7 Å². The van der Waals surface area contributed by atoms with E-state index in [9.17, 15) is 80.3 Å². The van der Waals surface area contributed by atoms with Gasteiger partial charge in [-0.3, -0.25) is 27.2 Å². The van der Waals surface area contributed by atoms with E-state index in [0.29, 0.717) is 5.56 Å². The fourth-order valence-corrected chi connectivity index (χ4v) is 13.1. The first-order chi connectivity index (χ1) is 39.1. The van der Waals surface area contributed by atoms with Crippen molar-refractivity contribution >= 4 is 167 Å². The first kappa shape index (κ1) is 64.4. The fraction of sp³-hybridized carbons (Fsp3) is 0.205. The Kier molecular flexibility index (Phi) is 19.3. The molecule has 31 nitrogen and oxygen atoms in total. The number of aliphatic hydroxyl groups is 1. The van der Waals surface area contributed by atoms with Gasteiger partial charge in [0.05, 0.1) is 61.9 Å². The summed E-state index contributed by atoms with van der Waals surface area (Å²) in [7, 11) is -26.3. The van der Waals surface area contributed by atoms with Crippen LogP contribution in [0.4, 0.5) is 33.6 Å². The van der Waals surface area contributed by atoms with Gasteiger partial charge >= 0.3 is 10.6 Å². The number of hydrogen-bond donors (Lipinski definition) is 7. The lowest BCUT2D eigenvalue weighted by atomic mass is 10.1. The monoisotopic (exact) mass is 1330 g/mol. The maximum Gasteiger partial charge on any atom is 0.425 e. The number of imidazole rings is 1. The Morgan fingerprint density at radius 3 is 1.98 bits per heavy atom. The number of pyridine rings is 1. The zero-order valence-electron chi connectivity index (χ0n) is 42.2. The molecule has 40 heteroatoms. The van der Waals surface area contributed by atoms with Gasteiger partial charge < -0.3 is 14.9 Å². The molecule has 3 heterocycles. The first-order valence-corrected chi connectivity index (χ1v) is 33.5. The summed E-state index contributed by atoms with van der Waals surface area (Å²) in [6.45, 7) is 1.97. The number of ether oxygens (including phenoxy) is 1. The van der Waals surface area contributed by atoms with Gasteiger partial charge in [0.1, 0.15) is 43.9 Å². The highest BCUT2D eigenvalue weighted by molar-refractivity contribution is 7.99. The van der Waals surface area contributed by atoms with E-state index in [1.54, 1.807) is 6.92 Å². The van der Waals surface area contributed by atoms with E-state index < -0.39 is 105 Å². The number of thioether (sulfide) groups is 1. The molecule has 0 atom stereocenters. The first-order valence-electron chi connectivity index (χ1n) is 22.8. The number of nitrogens with zero attached hydrogens (tertiary/aromatic N) is 10. The molecule has 0 saturated carbocycles. The van der Waals surface area contributed by atoms with Gasteiger partial charge in [-0.15, -0.1) is 50.0 Å². The van der Waals surface area contributed by atoms with Crippen LogP contribution < -0.4 is 4.74 Å². The zero-order chi connectivity index (χ0) is 62.0. The van der Waals surface area contributed by atoms with E-state index in [1.807, 2.05) is 6.07 Å². The molecule has 0 aliphatic rings. The number of hydrogen-bond acceptors (Lipinski definition) is 27. The second-order valence-electron chi connectivity index (χ2n) is 17.2. The number of benzene rings is 5. The van der Waals surface area contributed by atoms with E-state index in [0.717, 1.165) is 51.8 Å². The summed E-state index contributed by atoms with van der Waals surface area (Å²) in [6, 6.07) is 14.0. The Hall–Kier alpha value is -7.14. The Morgan fingerprint density at radius 1 is 0.726 bits per heavy atom. The molecular weight excluding hydrogens is 1300 g/mol. The SMILES string of the molecule is Cc1cc(N=Nc2c(C)c(C#N)c3nc4c(Cl)c(S(=O)(=O)O)ccc4n3c2O)c(OCCCS(=O)(=O)O)cc1N=Nc1cc(CO)c(N=Nc2nc3c(S(=O)(=O)O)cc4ccc(S(=O)(=O)O)cc4c3s2)cc1SCCCS(=O)(=O)O.O=S(=O)=O. The molecular formula is C44H37ClN10O21S8. The molecule has 8 rings (SSSR count). The third-order valence-electron chi connectivity index (χ3n) is 11.5. The number of aryl methyl sites for hydroxylation is 1. The van der Waals surface area contributed by atoms with Crippen LogP contribution in [0.15, 0.2) is 111 Å². The van der Waals surface area contributed by atoms with E-state index in [1.165, 1.54) is 43.3 Å². The summed E-state index contributed by atoms with van der Waals surface area (Å²) < 4.78 is 200. The Bertz CT molecular complexity index is 4900. The van der Waals surface area contributed by atoms with Gasteiger partial charge in [-0.1, -0.05) is 29.0 Å². The van der Waals surface area contributed by atoms with Gasteiger partial charge in [0.2, 0.25) is 11.0 Å². The van der Waals surface area contributed by atoms with Crippen molar-refractivity contribution in [3.05, 3.63) is 87.9 Å². The second-order valence-corrected chi connectivity index (χ2v) is 27.4. The average Bonchev–Trinajstić information content (AvgIpc) is 2.67. The third kappa shape index (κ3) is 15.2. The molecule has 0 saturated heterocycles. The molecule has 8 aromatic rings. The van der Waals surface area contributed by atoms with Crippen molar-refractivity contribution in [1.82, 2.24) is 14.4 Å². The summed E-state index contributed by atoms with van der Waals surface area (Å²) >= 11 is 8.09. The van der Waals surface area contributed by atoms with Gasteiger partial charge in [-0.05, 0) is 91.9 Å². The highest BCUT2D eigenvalue weighted by Crippen LogP contribution is 2.45. The molecule has 0 unspecified atom stereocenters. The summed E-state index contributed by atoms with van der Waals surface area (Å²) in [5.41, 5.74) is -0.463. The van der Waals surface area contributed by atoms with Crippen LogP contribution in [-0.2, 0) is 67.8 Å². The molecule has 444 valence electrons. The standard InChI is InChI=1S/C44H37ClN10O18S7.O3S/c1-21-13-30(51-53-38-22(2)27(19-46)42-47-39-32(55(42)43(38)57)7-8-35(37(39)45)79(67,68)69)33(73-9-3-11-76(58,59)60)17-28(21)49-52-31-14-24(20-56)29(18-34(31)74-10-4-12-77(61,62)63)50-54-44-48-40-36(80(70,71)72)15-23-5-6-25(78(64,65)66)16-26(23)41(40)75-44;1-4(2)3/h5-8,13-18,56-57H,3-4,9-12,20H2,1-2H3,(H,58,59,60)(H,61,62,63)(H,64,65,66)(H,67,68,69)(H,70,71,72);. The average molecular weight is 1330 g/mol. The molecule has 0 fully saturated rings. The molecule has 5 aromatic carbocycles. The number of rotatable bonds is 20. The van der Waals surface area contributed by atoms with Crippen molar-refractivity contribution < 1.29 is 92.4 Å². The van der Waals surface area contributed by atoms with Gasteiger partial charge in [-0.2, -0.15) is 52.5 Å². The third-order valence-corrected chi connectivity index (χ3v) is 18.3. The van der Waals surface area contributed by atoms with Crippen molar-refractivity contribution in [3.8, 4) is 17.7 Å². The Morgan fingerprint density at radius 2 is 1.36 bits per heavy atom. The number of nitriles is 1. The summed E-state index contributed by atoms with van der Waals surface area (Å²) in [4.78, 5) is 6.91. The Labute approximate surface area is 488 Å². The van der Waals surface area contributed by atoms with E-state index >= 15 is 0 Å². The lowest BCUT2D eigenvalue weighted by Gasteiger charge is -2.12. The topological polar surface area (TPSA) is 501 Å². The molecule has 7 N–H and O–H groups in total. The lowest BCUT2D eigenvalue weighted by Crippen LogP contribution is -2.08. The maximum atomic E-state index is 12.5. The molecule has 0 radical (unpaired) electrons. The summed E-state index contributed by atoms with van der Waals surface area (Å²) in [5, 5.41) is 57.6. The second kappa shape index (κ2) is 25.2. The van der Waals surface area contributed by atoms with E-state index in [2.05, 4.69) is 40.7 Å². The van der Waals surface area contributed by atoms with Crippen LogP contribution in [-0.4, -0.2) is 126 Å². The van der Waals surface area contributed by atoms with Gasteiger partial charge in [0.25, 0.3) is 50.6 Å². The molecule has 3 aromatic heterocycles. The minimum absolute atomic E-state index is 0.0124. The van der Waals surface area contributed by atoms with Crippen LogP contribution in [0.1, 0.15) is 35.1 Å². The van der Waals surface area contributed by atoms with Gasteiger partial charge in [0.15, 0.2) is 11.3 Å². The summed E-state index contributed by atoms with van der Waals surface area (Å²) in [5.74, 6) is -1.97. The minimum atomic E-state index is -4.92. The highest BCUT2D eigenvalue weighted by atomic mass is 35.5. The minimum Gasteiger partial charge on any atom is -0.493 e. The number of thiazole rings is 1. The molecule has 0 aliphatic heterocycles. The molecule has 0 bridgehead atoms. The lowest BCUT2D eigenvalue weighted by molar-refractivity contribution is 0.282. The van der Waals surface area contributed by atoms with Gasteiger partial charge in [0, 0.05) is 27.5 Å². The number of halogens is 1. The summed E-state index contributed by atoms with van der Waals surface area (Å²) in [6.07, 6.45) is -0.280. The van der Waals surface area contributed by atoms with E-state index in [4.69, 9.17) is 29.0 Å². The van der Waals surface area contributed by atoms with Crippen LogP contribution in [0.25, 0.3) is 37.7 Å². The predicted octanol–water partition coefficient (Wildman–Crippen LogP) is 8.60.